The summed E-state index contributed by atoms with van der Waals surface area (Å²) in [5.41, 5.74) is 2.19. The lowest BCUT2D eigenvalue weighted by Gasteiger charge is -2.24. The van der Waals surface area contributed by atoms with Crippen molar-refractivity contribution in [2.45, 2.75) is 32.1 Å². The van der Waals surface area contributed by atoms with Crippen LogP contribution in [-0.4, -0.2) is 18.2 Å². The Labute approximate surface area is 91.3 Å². The molecule has 2 rings (SSSR count). The van der Waals surface area contributed by atoms with Crippen LogP contribution in [0.15, 0.2) is 18.2 Å². The first-order chi connectivity index (χ1) is 7.33. The highest BCUT2D eigenvalue weighted by Gasteiger charge is 2.18. The first-order valence-electron chi connectivity index (χ1n) is 5.84. The SMILES string of the molecule is CCc1cccc(C2CCCNC2)c1O. The van der Waals surface area contributed by atoms with Crippen LogP contribution in [0.4, 0.5) is 0 Å². The molecular formula is C13H19NO. The second kappa shape index (κ2) is 4.67. The highest BCUT2D eigenvalue weighted by Crippen LogP contribution is 2.32. The van der Waals surface area contributed by atoms with Crippen molar-refractivity contribution in [3.63, 3.8) is 0 Å². The molecule has 0 aromatic heterocycles. The summed E-state index contributed by atoms with van der Waals surface area (Å²) in [4.78, 5) is 0. The van der Waals surface area contributed by atoms with E-state index in [0.717, 1.165) is 30.6 Å². The van der Waals surface area contributed by atoms with Crippen molar-refractivity contribution in [2.24, 2.45) is 0 Å². The van der Waals surface area contributed by atoms with Crippen molar-refractivity contribution < 1.29 is 5.11 Å². The molecule has 1 unspecified atom stereocenters. The lowest BCUT2D eigenvalue weighted by atomic mass is 9.89. The normalized spacial score (nSPS) is 21.5. The Kier molecular flexibility index (Phi) is 3.27. The summed E-state index contributed by atoms with van der Waals surface area (Å²) in [6.07, 6.45) is 3.30. The molecule has 1 atom stereocenters. The zero-order chi connectivity index (χ0) is 10.7. The smallest absolute Gasteiger partial charge is 0.122 e. The minimum atomic E-state index is 0.491. The van der Waals surface area contributed by atoms with Crippen molar-refractivity contribution in [3.05, 3.63) is 29.3 Å². The average molecular weight is 205 g/mol. The molecule has 1 aliphatic heterocycles. The number of hydrogen-bond acceptors (Lipinski definition) is 2. The molecule has 1 aromatic carbocycles. The molecule has 0 radical (unpaired) electrons. The van der Waals surface area contributed by atoms with Gasteiger partial charge in [-0.2, -0.15) is 0 Å². The van der Waals surface area contributed by atoms with E-state index in [9.17, 15) is 5.11 Å². The number of hydrogen-bond donors (Lipinski definition) is 2. The van der Waals surface area contributed by atoms with E-state index in [0.29, 0.717) is 11.7 Å². The van der Waals surface area contributed by atoms with Crippen LogP contribution in [0.25, 0.3) is 0 Å². The maximum absolute atomic E-state index is 10.1. The van der Waals surface area contributed by atoms with Crippen molar-refractivity contribution in [2.75, 3.05) is 13.1 Å². The molecular weight excluding hydrogens is 186 g/mol. The van der Waals surface area contributed by atoms with Gasteiger partial charge in [0, 0.05) is 12.5 Å². The van der Waals surface area contributed by atoms with E-state index >= 15 is 0 Å². The lowest BCUT2D eigenvalue weighted by Crippen LogP contribution is -2.28. The second-order valence-corrected chi connectivity index (χ2v) is 4.25. The topological polar surface area (TPSA) is 32.3 Å². The Morgan fingerprint density at radius 3 is 3.00 bits per heavy atom. The van der Waals surface area contributed by atoms with Gasteiger partial charge in [-0.15, -0.1) is 0 Å². The van der Waals surface area contributed by atoms with Gasteiger partial charge in [-0.05, 0) is 36.9 Å². The summed E-state index contributed by atoms with van der Waals surface area (Å²) in [6.45, 7) is 4.20. The van der Waals surface area contributed by atoms with Crippen LogP contribution in [0.2, 0.25) is 0 Å². The summed E-state index contributed by atoms with van der Waals surface area (Å²) in [6, 6.07) is 6.13. The summed E-state index contributed by atoms with van der Waals surface area (Å²) < 4.78 is 0. The van der Waals surface area contributed by atoms with Crippen LogP contribution in [0, 0.1) is 0 Å². The Hall–Kier alpha value is -1.02. The summed E-state index contributed by atoms with van der Waals surface area (Å²) in [5.74, 6) is 1.01. The maximum atomic E-state index is 10.1. The number of phenols is 1. The molecule has 2 heteroatoms. The fourth-order valence-corrected chi connectivity index (χ4v) is 2.34. The minimum Gasteiger partial charge on any atom is -0.507 e. The van der Waals surface area contributed by atoms with Crippen molar-refractivity contribution in [1.29, 1.82) is 0 Å². The first kappa shape index (κ1) is 10.5. The predicted octanol–water partition coefficient (Wildman–Crippen LogP) is 2.42. The van der Waals surface area contributed by atoms with Crippen LogP contribution in [0.1, 0.15) is 36.8 Å². The molecule has 1 heterocycles. The maximum Gasteiger partial charge on any atom is 0.122 e. The molecule has 1 aliphatic rings. The molecule has 1 saturated heterocycles. The van der Waals surface area contributed by atoms with E-state index in [-0.39, 0.29) is 0 Å². The third-order valence-electron chi connectivity index (χ3n) is 3.27. The average Bonchev–Trinajstić information content (AvgIpc) is 2.30. The predicted molar refractivity (Wildman–Crippen MR) is 62.3 cm³/mol. The van der Waals surface area contributed by atoms with E-state index in [1.165, 1.54) is 12.8 Å². The molecule has 0 amide bonds. The van der Waals surface area contributed by atoms with Gasteiger partial charge in [0.1, 0.15) is 5.75 Å². The third-order valence-corrected chi connectivity index (χ3v) is 3.27. The standard InChI is InChI=1S/C13H19NO/c1-2-10-5-3-7-12(13(10)15)11-6-4-8-14-9-11/h3,5,7,11,14-15H,2,4,6,8-9H2,1H3. The summed E-state index contributed by atoms with van der Waals surface area (Å²) in [5, 5.41) is 13.5. The first-order valence-corrected chi connectivity index (χ1v) is 5.84. The summed E-state index contributed by atoms with van der Waals surface area (Å²) in [7, 11) is 0. The number of phenolic OH excluding ortho intramolecular Hbond substituents is 1. The van der Waals surface area contributed by atoms with E-state index in [1.807, 2.05) is 6.07 Å². The number of aryl methyl sites for hydroxylation is 1. The van der Waals surface area contributed by atoms with Gasteiger partial charge in [0.05, 0.1) is 0 Å². The van der Waals surface area contributed by atoms with Crippen molar-refractivity contribution in [3.8, 4) is 5.75 Å². The second-order valence-electron chi connectivity index (χ2n) is 4.25. The zero-order valence-corrected chi connectivity index (χ0v) is 9.29. The number of para-hydroxylation sites is 1. The molecule has 2 nitrogen and oxygen atoms in total. The highest BCUT2D eigenvalue weighted by atomic mass is 16.3. The van der Waals surface area contributed by atoms with E-state index in [4.69, 9.17) is 0 Å². The van der Waals surface area contributed by atoms with Crippen LogP contribution >= 0.6 is 0 Å². The number of rotatable bonds is 2. The molecule has 1 aromatic rings. The van der Waals surface area contributed by atoms with Gasteiger partial charge in [-0.1, -0.05) is 25.1 Å². The van der Waals surface area contributed by atoms with Crippen molar-refractivity contribution >= 4 is 0 Å². The molecule has 0 aliphatic carbocycles. The van der Waals surface area contributed by atoms with Gasteiger partial charge < -0.3 is 10.4 Å². The van der Waals surface area contributed by atoms with Gasteiger partial charge in [-0.3, -0.25) is 0 Å². The molecule has 15 heavy (non-hydrogen) atoms. The monoisotopic (exact) mass is 205 g/mol. The molecule has 0 spiro atoms. The number of benzene rings is 1. The Bertz CT molecular complexity index is 329. The van der Waals surface area contributed by atoms with E-state index in [2.05, 4.69) is 24.4 Å². The van der Waals surface area contributed by atoms with Crippen LogP contribution < -0.4 is 5.32 Å². The van der Waals surface area contributed by atoms with Gasteiger partial charge in [0.2, 0.25) is 0 Å². The Morgan fingerprint density at radius 1 is 1.47 bits per heavy atom. The van der Waals surface area contributed by atoms with E-state index in [1.54, 1.807) is 0 Å². The van der Waals surface area contributed by atoms with Gasteiger partial charge in [-0.25, -0.2) is 0 Å². The number of piperidine rings is 1. The van der Waals surface area contributed by atoms with Gasteiger partial charge in [0.15, 0.2) is 0 Å². The van der Waals surface area contributed by atoms with Crippen LogP contribution in [0.5, 0.6) is 5.75 Å². The molecule has 0 bridgehead atoms. The number of nitrogens with one attached hydrogen (secondary N) is 1. The molecule has 1 fully saturated rings. The van der Waals surface area contributed by atoms with Crippen LogP contribution in [-0.2, 0) is 6.42 Å². The van der Waals surface area contributed by atoms with Gasteiger partial charge in [0.25, 0.3) is 0 Å². The molecule has 82 valence electrons. The number of aromatic hydroxyl groups is 1. The lowest BCUT2D eigenvalue weighted by molar-refractivity contribution is 0.422. The molecule has 0 saturated carbocycles. The van der Waals surface area contributed by atoms with E-state index < -0.39 is 0 Å². The quantitative estimate of drug-likeness (QED) is 0.777. The fraction of sp³-hybridized carbons (Fsp3) is 0.538. The minimum absolute atomic E-state index is 0.491. The highest BCUT2D eigenvalue weighted by molar-refractivity contribution is 5.42. The zero-order valence-electron chi connectivity index (χ0n) is 9.29. The molecule has 2 N–H and O–H groups in total. The van der Waals surface area contributed by atoms with Gasteiger partial charge >= 0.3 is 0 Å². The largest absolute Gasteiger partial charge is 0.507 e. The third kappa shape index (κ3) is 2.15. The summed E-state index contributed by atoms with van der Waals surface area (Å²) >= 11 is 0. The van der Waals surface area contributed by atoms with Crippen LogP contribution in [0.3, 0.4) is 0 Å². The Balaban J connectivity index is 2.26. The van der Waals surface area contributed by atoms with Crippen molar-refractivity contribution in [1.82, 2.24) is 5.32 Å². The Morgan fingerprint density at radius 2 is 2.33 bits per heavy atom. The fourth-order valence-electron chi connectivity index (χ4n) is 2.34.